The zero-order valence-corrected chi connectivity index (χ0v) is 14.9. The predicted molar refractivity (Wildman–Crippen MR) is 99.6 cm³/mol. The molecule has 0 saturated carbocycles. The van der Waals surface area contributed by atoms with Crippen LogP contribution in [0.1, 0.15) is 10.5 Å². The maximum absolute atomic E-state index is 12.6. The molecule has 2 N–H and O–H groups in total. The van der Waals surface area contributed by atoms with Gasteiger partial charge in [-0.3, -0.25) is 9.59 Å². The molecular formula is C18H14ClN3O5. The number of fused-ring (bicyclic) bond motifs is 1. The van der Waals surface area contributed by atoms with Gasteiger partial charge in [0.2, 0.25) is 5.91 Å². The summed E-state index contributed by atoms with van der Waals surface area (Å²) in [6, 6.07) is 10.9. The van der Waals surface area contributed by atoms with Crippen molar-refractivity contribution in [2.45, 2.75) is 6.54 Å². The third kappa shape index (κ3) is 3.75. The topological polar surface area (TPSA) is 111 Å². The van der Waals surface area contributed by atoms with E-state index in [9.17, 15) is 19.5 Å². The second-order valence-electron chi connectivity index (χ2n) is 5.55. The number of aromatic nitrogens is 2. The number of benzene rings is 2. The van der Waals surface area contributed by atoms with Crippen molar-refractivity contribution in [1.29, 1.82) is 0 Å². The van der Waals surface area contributed by atoms with Gasteiger partial charge in [-0.1, -0.05) is 29.8 Å². The van der Waals surface area contributed by atoms with Gasteiger partial charge < -0.3 is 15.2 Å². The van der Waals surface area contributed by atoms with Gasteiger partial charge in [-0.25, -0.2) is 9.48 Å². The van der Waals surface area contributed by atoms with Crippen molar-refractivity contribution < 1.29 is 19.4 Å². The van der Waals surface area contributed by atoms with Crippen LogP contribution in [0.15, 0.2) is 47.3 Å². The molecule has 1 heterocycles. The number of nitrogens with zero attached hydrogens (tertiary/aromatic N) is 2. The van der Waals surface area contributed by atoms with E-state index in [1.165, 1.54) is 25.3 Å². The Hall–Kier alpha value is -3.39. The molecule has 0 atom stereocenters. The molecule has 0 bridgehead atoms. The first kappa shape index (κ1) is 18.4. The largest absolute Gasteiger partial charge is 0.495 e. The number of carboxylic acid groups (broad SMARTS) is 1. The molecule has 1 aromatic heterocycles. The van der Waals surface area contributed by atoms with E-state index in [0.29, 0.717) is 16.5 Å². The van der Waals surface area contributed by atoms with E-state index in [1.54, 1.807) is 24.3 Å². The van der Waals surface area contributed by atoms with Crippen LogP contribution in [0.3, 0.4) is 0 Å². The molecule has 2 aromatic carbocycles. The van der Waals surface area contributed by atoms with Gasteiger partial charge in [0.05, 0.1) is 18.2 Å². The highest BCUT2D eigenvalue weighted by Crippen LogP contribution is 2.27. The van der Waals surface area contributed by atoms with Gasteiger partial charge in [0, 0.05) is 10.4 Å². The van der Waals surface area contributed by atoms with Crippen LogP contribution < -0.4 is 15.6 Å². The number of carbonyl (C=O) groups excluding carboxylic acids is 1. The average Bonchev–Trinajstić information content (AvgIpc) is 2.64. The molecular weight excluding hydrogens is 374 g/mol. The fourth-order valence-electron chi connectivity index (χ4n) is 2.60. The normalized spacial score (nSPS) is 10.6. The molecule has 3 rings (SSSR count). The quantitative estimate of drug-likeness (QED) is 0.695. The van der Waals surface area contributed by atoms with Crippen LogP contribution in [0.5, 0.6) is 5.75 Å². The number of amides is 1. The highest BCUT2D eigenvalue weighted by Gasteiger charge is 2.17. The van der Waals surface area contributed by atoms with Crippen LogP contribution in [0, 0.1) is 0 Å². The van der Waals surface area contributed by atoms with Crippen LogP contribution in [0.2, 0.25) is 5.02 Å². The molecule has 3 aromatic rings. The molecule has 0 aliphatic heterocycles. The summed E-state index contributed by atoms with van der Waals surface area (Å²) >= 11 is 5.92. The van der Waals surface area contributed by atoms with E-state index < -0.39 is 24.0 Å². The molecule has 138 valence electrons. The van der Waals surface area contributed by atoms with Gasteiger partial charge in [-0.2, -0.15) is 5.10 Å². The third-order valence-electron chi connectivity index (χ3n) is 3.80. The summed E-state index contributed by atoms with van der Waals surface area (Å²) in [5.74, 6) is -1.49. The summed E-state index contributed by atoms with van der Waals surface area (Å²) in [5, 5.41) is 16.5. The number of nitrogens with one attached hydrogen (secondary N) is 1. The SMILES string of the molecule is COc1ccc(Cl)cc1NC(=O)Cn1nc(C(=O)O)c2ccccc2c1=O. The van der Waals surface area contributed by atoms with Crippen molar-refractivity contribution in [2.24, 2.45) is 0 Å². The fraction of sp³-hybridized carbons (Fsp3) is 0.111. The smallest absolute Gasteiger partial charge is 0.357 e. The van der Waals surface area contributed by atoms with Gasteiger partial charge in [0.15, 0.2) is 5.69 Å². The second kappa shape index (κ2) is 7.46. The van der Waals surface area contributed by atoms with Crippen molar-refractivity contribution in [3.05, 3.63) is 63.5 Å². The Balaban J connectivity index is 1.96. The minimum absolute atomic E-state index is 0.165. The maximum Gasteiger partial charge on any atom is 0.357 e. The number of hydrogen-bond acceptors (Lipinski definition) is 5. The summed E-state index contributed by atoms with van der Waals surface area (Å²) < 4.78 is 5.97. The molecule has 0 saturated heterocycles. The van der Waals surface area contributed by atoms with Crippen molar-refractivity contribution in [3.8, 4) is 5.75 Å². The predicted octanol–water partition coefficient (Wildman–Crippen LogP) is 2.40. The third-order valence-corrected chi connectivity index (χ3v) is 4.03. The first-order valence-corrected chi connectivity index (χ1v) is 8.15. The minimum Gasteiger partial charge on any atom is -0.495 e. The van der Waals surface area contributed by atoms with Crippen molar-refractivity contribution in [2.75, 3.05) is 12.4 Å². The number of methoxy groups -OCH3 is 1. The fourth-order valence-corrected chi connectivity index (χ4v) is 2.78. The number of rotatable bonds is 5. The van der Waals surface area contributed by atoms with Crippen LogP contribution in [0.4, 0.5) is 5.69 Å². The number of hydrogen-bond donors (Lipinski definition) is 2. The first-order chi connectivity index (χ1) is 12.9. The zero-order valence-electron chi connectivity index (χ0n) is 14.1. The standard InChI is InChI=1S/C18H14ClN3O5/c1-27-14-7-6-10(19)8-13(14)20-15(23)9-22-17(24)12-5-3-2-4-11(12)16(21-22)18(25)26/h2-8H,9H2,1H3,(H,20,23)(H,25,26). The Morgan fingerprint density at radius 2 is 1.93 bits per heavy atom. The van der Waals surface area contributed by atoms with Crippen LogP contribution in [-0.4, -0.2) is 33.9 Å². The summed E-state index contributed by atoms with van der Waals surface area (Å²) in [6.07, 6.45) is 0. The number of aromatic carboxylic acids is 1. The van der Waals surface area contributed by atoms with Crippen molar-refractivity contribution in [3.63, 3.8) is 0 Å². The molecule has 0 aliphatic carbocycles. The Morgan fingerprint density at radius 1 is 1.22 bits per heavy atom. The first-order valence-electron chi connectivity index (χ1n) is 7.77. The van der Waals surface area contributed by atoms with Crippen molar-refractivity contribution in [1.82, 2.24) is 9.78 Å². The number of halogens is 1. The van der Waals surface area contributed by atoms with E-state index in [2.05, 4.69) is 10.4 Å². The Labute approximate surface area is 157 Å². The number of carboxylic acids is 1. The summed E-state index contributed by atoms with van der Waals surface area (Å²) in [6.45, 7) is -0.473. The average molecular weight is 388 g/mol. The highest BCUT2D eigenvalue weighted by molar-refractivity contribution is 6.31. The Morgan fingerprint density at radius 3 is 2.59 bits per heavy atom. The van der Waals surface area contributed by atoms with E-state index in [0.717, 1.165) is 4.68 Å². The lowest BCUT2D eigenvalue weighted by Crippen LogP contribution is -2.31. The molecule has 0 aliphatic rings. The second-order valence-corrected chi connectivity index (χ2v) is 5.99. The van der Waals surface area contributed by atoms with Gasteiger partial charge in [0.1, 0.15) is 12.3 Å². The molecule has 0 fully saturated rings. The Kier molecular flexibility index (Phi) is 5.09. The molecule has 27 heavy (non-hydrogen) atoms. The van der Waals surface area contributed by atoms with E-state index >= 15 is 0 Å². The summed E-state index contributed by atoms with van der Waals surface area (Å²) in [7, 11) is 1.44. The lowest BCUT2D eigenvalue weighted by Gasteiger charge is -2.12. The number of carbonyl (C=O) groups is 2. The van der Waals surface area contributed by atoms with Gasteiger partial charge >= 0.3 is 5.97 Å². The lowest BCUT2D eigenvalue weighted by molar-refractivity contribution is -0.117. The number of ether oxygens (including phenoxy) is 1. The van der Waals surface area contributed by atoms with E-state index in [1.807, 2.05) is 0 Å². The molecule has 1 amide bonds. The molecule has 8 nitrogen and oxygen atoms in total. The highest BCUT2D eigenvalue weighted by atomic mass is 35.5. The van der Waals surface area contributed by atoms with Crippen LogP contribution in [0.25, 0.3) is 10.8 Å². The van der Waals surface area contributed by atoms with Gasteiger partial charge in [-0.05, 0) is 24.3 Å². The Bertz CT molecular complexity index is 1110. The van der Waals surface area contributed by atoms with E-state index in [4.69, 9.17) is 16.3 Å². The number of anilines is 1. The molecule has 9 heteroatoms. The molecule has 0 unspecified atom stereocenters. The van der Waals surface area contributed by atoms with Crippen LogP contribution >= 0.6 is 11.6 Å². The lowest BCUT2D eigenvalue weighted by atomic mass is 10.1. The molecule has 0 spiro atoms. The molecule has 0 radical (unpaired) electrons. The van der Waals surface area contributed by atoms with Crippen molar-refractivity contribution >= 4 is 39.9 Å². The summed E-state index contributed by atoms with van der Waals surface area (Å²) in [5.41, 5.74) is -0.551. The van der Waals surface area contributed by atoms with Gasteiger partial charge in [-0.15, -0.1) is 0 Å². The van der Waals surface area contributed by atoms with Crippen LogP contribution in [-0.2, 0) is 11.3 Å². The van der Waals surface area contributed by atoms with E-state index in [-0.39, 0.29) is 16.5 Å². The monoisotopic (exact) mass is 387 g/mol. The maximum atomic E-state index is 12.6. The summed E-state index contributed by atoms with van der Waals surface area (Å²) in [4.78, 5) is 36.4. The minimum atomic E-state index is -1.29. The zero-order chi connectivity index (χ0) is 19.6. The van der Waals surface area contributed by atoms with Gasteiger partial charge in [0.25, 0.3) is 5.56 Å².